The van der Waals surface area contributed by atoms with E-state index < -0.39 is 0 Å². The molecule has 0 bridgehead atoms. The van der Waals surface area contributed by atoms with Crippen molar-refractivity contribution < 1.29 is 0 Å². The largest absolute Gasteiger partial charge is 0.319 e. The predicted molar refractivity (Wildman–Crippen MR) is 43.1 cm³/mol. The number of hydrogen-bond acceptors (Lipinski definition) is 3. The van der Waals surface area contributed by atoms with Crippen LogP contribution in [0.25, 0.3) is 0 Å². The molecule has 0 radical (unpaired) electrons. The van der Waals surface area contributed by atoms with Crippen LogP contribution in [-0.4, -0.2) is 27.9 Å². The maximum Gasteiger partial charge on any atom is 0.119 e. The summed E-state index contributed by atoms with van der Waals surface area (Å²) in [6, 6.07) is 0. The molecule has 0 aliphatic rings. The van der Waals surface area contributed by atoms with E-state index in [-0.39, 0.29) is 0 Å². The molecule has 0 saturated heterocycles. The zero-order chi connectivity index (χ0) is 7.94. The molecule has 0 amide bonds. The van der Waals surface area contributed by atoms with Crippen LogP contribution >= 0.6 is 0 Å². The summed E-state index contributed by atoms with van der Waals surface area (Å²) in [6.45, 7) is 6.27. The normalized spacial score (nSPS) is 9.82. The number of hydrogen-bond donors (Lipinski definition) is 1. The topological polar surface area (TPSA) is 42.7 Å². The first kappa shape index (κ1) is 7.94. The van der Waals surface area contributed by atoms with Crippen molar-refractivity contribution in [2.75, 3.05) is 13.1 Å². The summed E-state index contributed by atoms with van der Waals surface area (Å²) in [7, 11) is 0. The Hall–Kier alpha value is -1.16. The summed E-state index contributed by atoms with van der Waals surface area (Å²) in [5.41, 5.74) is 0. The lowest BCUT2D eigenvalue weighted by atomic mass is 10.5. The molecule has 1 aromatic heterocycles. The van der Waals surface area contributed by atoms with Crippen molar-refractivity contribution in [3.8, 4) is 0 Å². The molecule has 60 valence electrons. The highest BCUT2D eigenvalue weighted by Gasteiger charge is 1.87. The van der Waals surface area contributed by atoms with Gasteiger partial charge in [-0.3, -0.25) is 0 Å². The van der Waals surface area contributed by atoms with Gasteiger partial charge >= 0.3 is 0 Å². The van der Waals surface area contributed by atoms with E-state index in [9.17, 15) is 0 Å². The lowest BCUT2D eigenvalue weighted by Crippen LogP contribution is -2.19. The average molecular weight is 152 g/mol. The summed E-state index contributed by atoms with van der Waals surface area (Å²) < 4.78 is 1.93. The number of rotatable bonds is 5. The summed E-state index contributed by atoms with van der Waals surface area (Å²) in [4.78, 5) is 0. The second-order valence-electron chi connectivity index (χ2n) is 2.19. The van der Waals surface area contributed by atoms with E-state index in [1.807, 2.05) is 10.6 Å². The van der Waals surface area contributed by atoms with Crippen molar-refractivity contribution in [3.05, 3.63) is 25.3 Å². The molecule has 0 spiro atoms. The summed E-state index contributed by atoms with van der Waals surface area (Å²) in [6.07, 6.45) is 5.25. The van der Waals surface area contributed by atoms with E-state index in [0.29, 0.717) is 0 Å². The van der Waals surface area contributed by atoms with Crippen LogP contribution in [0.4, 0.5) is 0 Å². The second-order valence-corrected chi connectivity index (χ2v) is 2.19. The summed E-state index contributed by atoms with van der Waals surface area (Å²) in [5, 5.41) is 10.6. The maximum atomic E-state index is 3.69. The fraction of sp³-hybridized carbons (Fsp3) is 0.429. The third-order valence-electron chi connectivity index (χ3n) is 1.30. The molecule has 0 saturated carbocycles. The molecule has 0 aromatic carbocycles. The van der Waals surface area contributed by atoms with Crippen molar-refractivity contribution >= 4 is 0 Å². The van der Waals surface area contributed by atoms with E-state index in [1.165, 1.54) is 0 Å². The molecular formula is C7H12N4. The van der Waals surface area contributed by atoms with Gasteiger partial charge in [-0.25, -0.2) is 0 Å². The minimum atomic E-state index is 0.849. The molecule has 11 heavy (non-hydrogen) atoms. The standard InChI is InChI=1S/C7H12N4/c1-2-3-8-4-5-11-6-9-10-7-11/h2,6-8H,1,3-5H2. The smallest absolute Gasteiger partial charge is 0.119 e. The van der Waals surface area contributed by atoms with Crippen LogP contribution < -0.4 is 5.32 Å². The fourth-order valence-corrected chi connectivity index (χ4v) is 0.750. The van der Waals surface area contributed by atoms with Gasteiger partial charge in [-0.2, -0.15) is 0 Å². The number of nitrogens with zero attached hydrogens (tertiary/aromatic N) is 3. The summed E-state index contributed by atoms with van der Waals surface area (Å²) in [5.74, 6) is 0. The Kier molecular flexibility index (Phi) is 3.34. The van der Waals surface area contributed by atoms with Crippen LogP contribution in [0.5, 0.6) is 0 Å². The Morgan fingerprint density at radius 3 is 2.82 bits per heavy atom. The van der Waals surface area contributed by atoms with E-state index in [2.05, 4.69) is 22.1 Å². The SMILES string of the molecule is C=CCNCCn1cnnc1. The predicted octanol–water partition coefficient (Wildman–Crippen LogP) is 0.0537. The first-order valence-electron chi connectivity index (χ1n) is 3.57. The molecule has 0 unspecified atom stereocenters. The Bertz CT molecular complexity index is 192. The van der Waals surface area contributed by atoms with Gasteiger partial charge in [0.25, 0.3) is 0 Å². The molecule has 1 heterocycles. The van der Waals surface area contributed by atoms with Crippen LogP contribution in [0.15, 0.2) is 25.3 Å². The first-order chi connectivity index (χ1) is 5.43. The maximum absolute atomic E-state index is 3.69. The highest BCUT2D eigenvalue weighted by molar-refractivity contribution is 4.70. The highest BCUT2D eigenvalue weighted by Crippen LogP contribution is 1.79. The minimum Gasteiger partial charge on any atom is -0.319 e. The Morgan fingerprint density at radius 1 is 1.45 bits per heavy atom. The molecule has 0 aliphatic carbocycles. The highest BCUT2D eigenvalue weighted by atomic mass is 15.2. The van der Waals surface area contributed by atoms with E-state index in [4.69, 9.17) is 0 Å². The zero-order valence-corrected chi connectivity index (χ0v) is 6.40. The van der Waals surface area contributed by atoms with Gasteiger partial charge < -0.3 is 9.88 Å². The van der Waals surface area contributed by atoms with Gasteiger partial charge in [-0.05, 0) is 0 Å². The third-order valence-corrected chi connectivity index (χ3v) is 1.30. The van der Waals surface area contributed by atoms with E-state index in [0.717, 1.165) is 19.6 Å². The fourth-order valence-electron chi connectivity index (χ4n) is 0.750. The molecule has 4 heteroatoms. The quantitative estimate of drug-likeness (QED) is 0.479. The molecule has 4 nitrogen and oxygen atoms in total. The van der Waals surface area contributed by atoms with Crippen molar-refractivity contribution in [1.29, 1.82) is 0 Å². The number of aromatic nitrogens is 3. The van der Waals surface area contributed by atoms with Crippen molar-refractivity contribution in [3.63, 3.8) is 0 Å². The van der Waals surface area contributed by atoms with E-state index >= 15 is 0 Å². The van der Waals surface area contributed by atoms with Gasteiger partial charge in [-0.15, -0.1) is 16.8 Å². The van der Waals surface area contributed by atoms with Crippen molar-refractivity contribution in [2.24, 2.45) is 0 Å². The van der Waals surface area contributed by atoms with Crippen LogP contribution in [0.2, 0.25) is 0 Å². The molecule has 0 atom stereocenters. The average Bonchev–Trinajstić information content (AvgIpc) is 2.50. The van der Waals surface area contributed by atoms with Gasteiger partial charge in [0, 0.05) is 19.6 Å². The Labute approximate surface area is 65.9 Å². The lowest BCUT2D eigenvalue weighted by molar-refractivity contribution is 0.624. The molecule has 1 aromatic rings. The Morgan fingerprint density at radius 2 is 2.18 bits per heavy atom. The van der Waals surface area contributed by atoms with Gasteiger partial charge in [-0.1, -0.05) is 6.08 Å². The van der Waals surface area contributed by atoms with Crippen LogP contribution in [-0.2, 0) is 6.54 Å². The van der Waals surface area contributed by atoms with Gasteiger partial charge in [0.15, 0.2) is 0 Å². The first-order valence-corrected chi connectivity index (χ1v) is 3.57. The Balaban J connectivity index is 2.09. The molecule has 1 rings (SSSR count). The third kappa shape index (κ3) is 2.95. The van der Waals surface area contributed by atoms with Crippen molar-refractivity contribution in [1.82, 2.24) is 20.1 Å². The number of nitrogens with one attached hydrogen (secondary N) is 1. The second kappa shape index (κ2) is 4.62. The summed E-state index contributed by atoms with van der Waals surface area (Å²) >= 11 is 0. The molecular weight excluding hydrogens is 140 g/mol. The molecule has 0 aliphatic heterocycles. The van der Waals surface area contributed by atoms with E-state index in [1.54, 1.807) is 12.7 Å². The molecule has 1 N–H and O–H groups in total. The van der Waals surface area contributed by atoms with Gasteiger partial charge in [0.05, 0.1) is 0 Å². The van der Waals surface area contributed by atoms with Crippen LogP contribution in [0.1, 0.15) is 0 Å². The monoisotopic (exact) mass is 152 g/mol. The zero-order valence-electron chi connectivity index (χ0n) is 6.40. The molecule has 0 fully saturated rings. The minimum absolute atomic E-state index is 0.849. The van der Waals surface area contributed by atoms with Gasteiger partial charge in [0.1, 0.15) is 12.7 Å². The van der Waals surface area contributed by atoms with Crippen LogP contribution in [0, 0.1) is 0 Å². The lowest BCUT2D eigenvalue weighted by Gasteiger charge is -2.00. The van der Waals surface area contributed by atoms with Crippen molar-refractivity contribution in [2.45, 2.75) is 6.54 Å². The van der Waals surface area contributed by atoms with Crippen LogP contribution in [0.3, 0.4) is 0 Å². The van der Waals surface area contributed by atoms with Gasteiger partial charge in [0.2, 0.25) is 0 Å².